The Kier molecular flexibility index (Phi) is 4.46. The van der Waals surface area contributed by atoms with Gasteiger partial charge in [0.15, 0.2) is 0 Å². The summed E-state index contributed by atoms with van der Waals surface area (Å²) in [4.78, 5) is 1.99. The van der Waals surface area contributed by atoms with Crippen LogP contribution in [0.3, 0.4) is 0 Å². The molecule has 2 unspecified atom stereocenters. The molecule has 7 heteroatoms. The van der Waals surface area contributed by atoms with Crippen molar-refractivity contribution in [3.63, 3.8) is 0 Å². The molecule has 2 spiro atoms. The zero-order valence-electron chi connectivity index (χ0n) is 21.2. The Labute approximate surface area is 211 Å². The first-order valence-corrected chi connectivity index (χ1v) is 13.2. The van der Waals surface area contributed by atoms with Gasteiger partial charge in [-0.2, -0.15) is 10.4 Å². The van der Waals surface area contributed by atoms with E-state index in [1.54, 1.807) is 0 Å². The van der Waals surface area contributed by atoms with Crippen LogP contribution in [0.15, 0.2) is 42.1 Å². The minimum absolute atomic E-state index is 0.109. The summed E-state index contributed by atoms with van der Waals surface area (Å²) in [5.74, 6) is 0.174. The first-order chi connectivity index (χ1) is 17.2. The van der Waals surface area contributed by atoms with Crippen molar-refractivity contribution in [2.24, 2.45) is 16.7 Å². The summed E-state index contributed by atoms with van der Waals surface area (Å²) in [7, 11) is 3.89. The molecule has 3 fully saturated rings. The average Bonchev–Trinajstić information content (AvgIpc) is 3.56. The number of allylic oxidation sites excluding steroid dienone is 2. The number of ether oxygens (including phenoxy) is 1. The zero-order chi connectivity index (χ0) is 25.1. The maximum Gasteiger partial charge on any atom is 0.105 e. The number of benzene rings is 1. The molecule has 2 bridgehead atoms. The SMILES string of the molecule is CN(C)[C@H]1C[C@@]23CC[C@]4(O2)C2CC=C(c5ccc6[nH]ncc6c5)[C@@]2(C)CCC4(C#N)C=C3[C@@H](O)[C@@H]1O. The average molecular weight is 487 g/mol. The monoisotopic (exact) mass is 486 g/mol. The summed E-state index contributed by atoms with van der Waals surface area (Å²) in [6.07, 6.45) is 9.04. The maximum absolute atomic E-state index is 11.3. The van der Waals surface area contributed by atoms with Crippen molar-refractivity contribution in [1.82, 2.24) is 15.1 Å². The van der Waals surface area contributed by atoms with Crippen molar-refractivity contribution in [2.75, 3.05) is 14.1 Å². The van der Waals surface area contributed by atoms with E-state index in [9.17, 15) is 15.5 Å². The minimum atomic E-state index is -1.01. The molecule has 2 aromatic rings. The second kappa shape index (κ2) is 7.08. The lowest BCUT2D eigenvalue weighted by atomic mass is 9.49. The third kappa shape index (κ3) is 2.54. The largest absolute Gasteiger partial charge is 0.388 e. The molecule has 0 radical (unpaired) electrons. The molecule has 3 N–H and O–H groups in total. The van der Waals surface area contributed by atoms with Gasteiger partial charge in [-0.05, 0) is 86.9 Å². The predicted molar refractivity (Wildman–Crippen MR) is 136 cm³/mol. The Bertz CT molecular complexity index is 1370. The number of rotatable bonds is 2. The lowest BCUT2D eigenvalue weighted by Crippen LogP contribution is -2.66. The highest BCUT2D eigenvalue weighted by molar-refractivity contribution is 5.85. The molecule has 36 heavy (non-hydrogen) atoms. The maximum atomic E-state index is 11.3. The summed E-state index contributed by atoms with van der Waals surface area (Å²) in [5.41, 5.74) is 2.21. The van der Waals surface area contributed by atoms with Gasteiger partial charge >= 0.3 is 0 Å². The first-order valence-electron chi connectivity index (χ1n) is 13.2. The van der Waals surface area contributed by atoms with Crippen LogP contribution in [-0.2, 0) is 4.74 Å². The number of aliphatic hydroxyl groups excluding tert-OH is 2. The number of aromatic nitrogens is 2. The lowest BCUT2D eigenvalue weighted by molar-refractivity contribution is -0.223. The number of hydrogen-bond acceptors (Lipinski definition) is 6. The van der Waals surface area contributed by atoms with Crippen LogP contribution in [0, 0.1) is 28.1 Å². The van der Waals surface area contributed by atoms with Crippen molar-refractivity contribution in [1.29, 1.82) is 5.26 Å². The van der Waals surface area contributed by atoms with E-state index < -0.39 is 28.8 Å². The van der Waals surface area contributed by atoms with E-state index in [2.05, 4.69) is 53.5 Å². The number of nitrogens with zero attached hydrogens (tertiary/aromatic N) is 3. The van der Waals surface area contributed by atoms with E-state index in [1.165, 1.54) is 11.1 Å². The van der Waals surface area contributed by atoms with Gasteiger partial charge in [0.05, 0.1) is 35.1 Å². The van der Waals surface area contributed by atoms with Gasteiger partial charge in [-0.25, -0.2) is 0 Å². The number of likely N-dealkylation sites (N-methyl/N-ethyl adjacent to an activating group) is 1. The topological polar surface area (TPSA) is 105 Å². The standard InChI is InChI=1S/C29H34N4O3/c1-26-8-9-27(16-30)13-20-24(34)25(35)22(33(2)3)14-28(20)10-11-29(27,36-28)23(26)7-5-19(26)17-4-6-21-18(12-17)15-31-32-21/h4-6,12-13,15,22-25,34-35H,7-11,14H2,1-3H3,(H,31,32)/t22-,23?,24+,25+,26+,27?,28+,29-/m0/s1. The van der Waals surface area contributed by atoms with Gasteiger partial charge in [0.25, 0.3) is 0 Å². The number of aromatic amines is 1. The summed E-state index contributed by atoms with van der Waals surface area (Å²) >= 11 is 0. The van der Waals surface area contributed by atoms with Gasteiger partial charge in [-0.15, -0.1) is 0 Å². The first kappa shape index (κ1) is 22.7. The summed E-state index contributed by atoms with van der Waals surface area (Å²) in [6, 6.07) is 9.01. The zero-order valence-corrected chi connectivity index (χ0v) is 21.2. The molecule has 0 amide bonds. The Hall–Kier alpha value is -2.50. The number of fused-ring (bicyclic) bond motifs is 2. The number of aliphatic hydroxyl groups is 2. The quantitative estimate of drug-likeness (QED) is 0.561. The highest BCUT2D eigenvalue weighted by Gasteiger charge is 2.74. The molecule has 3 heterocycles. The van der Waals surface area contributed by atoms with Crippen LogP contribution in [0.1, 0.15) is 51.0 Å². The third-order valence-corrected chi connectivity index (χ3v) is 10.7. The summed E-state index contributed by atoms with van der Waals surface area (Å²) in [5, 5.41) is 41.2. The fourth-order valence-corrected chi connectivity index (χ4v) is 8.80. The van der Waals surface area contributed by atoms with Crippen molar-refractivity contribution >= 4 is 16.5 Å². The Morgan fingerprint density at radius 1 is 1.19 bits per heavy atom. The summed E-state index contributed by atoms with van der Waals surface area (Å²) in [6.45, 7) is 2.36. The molecular weight excluding hydrogens is 452 g/mol. The molecule has 1 aromatic carbocycles. The highest BCUT2D eigenvalue weighted by atomic mass is 16.5. The van der Waals surface area contributed by atoms with E-state index in [1.807, 2.05) is 25.2 Å². The second-order valence-corrected chi connectivity index (χ2v) is 12.3. The molecule has 7 rings (SSSR count). The number of nitrogens with one attached hydrogen (secondary N) is 1. The highest BCUT2D eigenvalue weighted by Crippen LogP contribution is 2.72. The van der Waals surface area contributed by atoms with E-state index in [0.29, 0.717) is 12.8 Å². The van der Waals surface area contributed by atoms with E-state index >= 15 is 0 Å². The van der Waals surface area contributed by atoms with Gasteiger partial charge in [-0.3, -0.25) is 5.10 Å². The molecule has 3 aliphatic carbocycles. The number of nitriles is 1. The van der Waals surface area contributed by atoms with Crippen molar-refractivity contribution in [2.45, 2.75) is 74.9 Å². The predicted octanol–water partition coefficient (Wildman–Crippen LogP) is 3.56. The molecule has 8 atom stereocenters. The van der Waals surface area contributed by atoms with Gasteiger partial charge in [0.2, 0.25) is 0 Å². The molecule has 7 nitrogen and oxygen atoms in total. The van der Waals surface area contributed by atoms with Crippen LogP contribution in [-0.4, -0.2) is 68.9 Å². The van der Waals surface area contributed by atoms with Gasteiger partial charge in [-0.1, -0.05) is 25.1 Å². The fraction of sp³-hybridized carbons (Fsp3) is 0.586. The van der Waals surface area contributed by atoms with Crippen LogP contribution >= 0.6 is 0 Å². The normalized spacial score (nSPS) is 45.0. The van der Waals surface area contributed by atoms with E-state index in [-0.39, 0.29) is 17.4 Å². The van der Waals surface area contributed by atoms with Crippen molar-refractivity contribution < 1.29 is 14.9 Å². The molecular formula is C29H34N4O3. The second-order valence-electron chi connectivity index (χ2n) is 12.3. The van der Waals surface area contributed by atoms with Crippen LogP contribution in [0.2, 0.25) is 0 Å². The van der Waals surface area contributed by atoms with Crippen LogP contribution in [0.25, 0.3) is 16.5 Å². The Morgan fingerprint density at radius 2 is 2.03 bits per heavy atom. The van der Waals surface area contributed by atoms with Crippen LogP contribution in [0.5, 0.6) is 0 Å². The van der Waals surface area contributed by atoms with Gasteiger partial charge < -0.3 is 19.8 Å². The van der Waals surface area contributed by atoms with Crippen LogP contribution < -0.4 is 0 Å². The van der Waals surface area contributed by atoms with Crippen LogP contribution in [0.4, 0.5) is 0 Å². The number of H-pyrrole nitrogens is 1. The smallest absolute Gasteiger partial charge is 0.105 e. The Morgan fingerprint density at radius 3 is 2.81 bits per heavy atom. The molecule has 1 aromatic heterocycles. The van der Waals surface area contributed by atoms with E-state index in [0.717, 1.165) is 42.2 Å². The van der Waals surface area contributed by atoms with Gasteiger partial charge in [0, 0.05) is 17.3 Å². The molecule has 1 saturated heterocycles. The number of hydrogen-bond donors (Lipinski definition) is 3. The molecule has 5 aliphatic rings. The molecule has 2 aliphatic heterocycles. The lowest BCUT2D eigenvalue weighted by Gasteiger charge is -2.61. The van der Waals surface area contributed by atoms with Crippen molar-refractivity contribution in [3.05, 3.63) is 47.7 Å². The Balaban J connectivity index is 1.33. The summed E-state index contributed by atoms with van der Waals surface area (Å²) < 4.78 is 7.26. The van der Waals surface area contributed by atoms with Gasteiger partial charge in [0.1, 0.15) is 11.5 Å². The van der Waals surface area contributed by atoms with E-state index in [4.69, 9.17) is 4.74 Å². The molecule has 2 saturated carbocycles. The van der Waals surface area contributed by atoms with Crippen molar-refractivity contribution in [3.8, 4) is 6.07 Å². The minimum Gasteiger partial charge on any atom is -0.388 e. The fourth-order valence-electron chi connectivity index (χ4n) is 8.80. The third-order valence-electron chi connectivity index (χ3n) is 10.7. The molecule has 188 valence electrons.